The molecule has 4 unspecified atom stereocenters. The van der Waals surface area contributed by atoms with Crippen LogP contribution in [0.3, 0.4) is 0 Å². The van der Waals surface area contributed by atoms with Gasteiger partial charge in [-0.2, -0.15) is 11.8 Å². The molecular weight excluding hydrogens is 432 g/mol. The van der Waals surface area contributed by atoms with E-state index in [1.54, 1.807) is 13.8 Å². The van der Waals surface area contributed by atoms with Gasteiger partial charge >= 0.3 is 5.97 Å². The molecule has 0 aliphatic rings. The van der Waals surface area contributed by atoms with Crippen LogP contribution in [0.15, 0.2) is 0 Å². The van der Waals surface area contributed by atoms with Gasteiger partial charge in [0.15, 0.2) is 0 Å². The third-order valence-electron chi connectivity index (χ3n) is 4.87. The Labute approximate surface area is 196 Å². The summed E-state index contributed by atoms with van der Waals surface area (Å²) in [5, 5.41) is 17.4. The summed E-state index contributed by atoms with van der Waals surface area (Å²) in [6.07, 6.45) is 3.04. The average Bonchev–Trinajstić information content (AvgIpc) is 2.66. The van der Waals surface area contributed by atoms with Crippen LogP contribution in [0.4, 0.5) is 0 Å². The molecule has 0 rings (SSSR count). The normalized spacial score (nSPS) is 15.2. The number of carbonyl (C=O) groups excluding carboxylic acids is 3. The number of carbonyl (C=O) groups is 4. The van der Waals surface area contributed by atoms with E-state index in [2.05, 4.69) is 16.0 Å². The molecule has 0 aliphatic carbocycles. The number of aliphatic carboxylic acids is 1. The molecule has 0 aromatic carbocycles. The van der Waals surface area contributed by atoms with Crippen molar-refractivity contribution in [2.75, 3.05) is 12.0 Å². The number of amides is 3. The first-order valence-corrected chi connectivity index (χ1v) is 12.6. The van der Waals surface area contributed by atoms with Crippen molar-refractivity contribution in [2.24, 2.45) is 23.5 Å². The lowest BCUT2D eigenvalue weighted by Gasteiger charge is -2.27. The van der Waals surface area contributed by atoms with Crippen molar-refractivity contribution in [3.63, 3.8) is 0 Å². The summed E-state index contributed by atoms with van der Waals surface area (Å²) in [6, 6.07) is -3.54. The second kappa shape index (κ2) is 15.1. The largest absolute Gasteiger partial charge is 0.480 e. The minimum atomic E-state index is -1.12. The number of nitrogens with one attached hydrogen (secondary N) is 3. The van der Waals surface area contributed by atoms with E-state index in [0.717, 1.165) is 0 Å². The molecule has 0 saturated heterocycles. The highest BCUT2D eigenvalue weighted by Crippen LogP contribution is 2.10. The maximum absolute atomic E-state index is 13.0. The number of rotatable bonds is 15. The Kier molecular flexibility index (Phi) is 14.2. The predicted molar refractivity (Wildman–Crippen MR) is 128 cm³/mol. The first-order valence-electron chi connectivity index (χ1n) is 11.2. The van der Waals surface area contributed by atoms with Gasteiger partial charge in [-0.25, -0.2) is 4.79 Å². The summed E-state index contributed by atoms with van der Waals surface area (Å²) < 4.78 is 0. The van der Waals surface area contributed by atoms with Crippen LogP contribution in [0.1, 0.15) is 60.8 Å². The van der Waals surface area contributed by atoms with Gasteiger partial charge < -0.3 is 26.8 Å². The van der Waals surface area contributed by atoms with E-state index in [4.69, 9.17) is 5.73 Å². The lowest BCUT2D eigenvalue weighted by Crippen LogP contribution is -2.58. The Morgan fingerprint density at radius 3 is 1.78 bits per heavy atom. The minimum absolute atomic E-state index is 0.0738. The molecule has 3 amide bonds. The summed E-state index contributed by atoms with van der Waals surface area (Å²) in [5.41, 5.74) is 5.95. The Balaban J connectivity index is 5.36. The van der Waals surface area contributed by atoms with Crippen molar-refractivity contribution < 1.29 is 24.3 Å². The van der Waals surface area contributed by atoms with Crippen molar-refractivity contribution in [3.05, 3.63) is 0 Å². The number of hydrogen-bond acceptors (Lipinski definition) is 6. The number of nitrogens with two attached hydrogens (primary N) is 1. The van der Waals surface area contributed by atoms with Crippen molar-refractivity contribution in [2.45, 2.75) is 85.0 Å². The Morgan fingerprint density at radius 2 is 1.34 bits per heavy atom. The van der Waals surface area contributed by atoms with Crippen molar-refractivity contribution in [1.29, 1.82) is 0 Å². The first-order chi connectivity index (χ1) is 14.8. The molecule has 4 atom stereocenters. The van der Waals surface area contributed by atoms with Gasteiger partial charge in [-0.05, 0) is 49.0 Å². The highest BCUT2D eigenvalue weighted by molar-refractivity contribution is 7.98. The van der Waals surface area contributed by atoms with Gasteiger partial charge in [-0.3, -0.25) is 14.4 Å². The van der Waals surface area contributed by atoms with Crippen LogP contribution in [0.5, 0.6) is 0 Å². The third-order valence-corrected chi connectivity index (χ3v) is 5.52. The molecule has 0 spiro atoms. The van der Waals surface area contributed by atoms with Crippen molar-refractivity contribution in [1.82, 2.24) is 16.0 Å². The monoisotopic (exact) mass is 474 g/mol. The summed E-state index contributed by atoms with van der Waals surface area (Å²) in [4.78, 5) is 49.8. The van der Waals surface area contributed by atoms with Crippen molar-refractivity contribution >= 4 is 35.5 Å². The highest BCUT2D eigenvalue weighted by atomic mass is 32.2. The third kappa shape index (κ3) is 11.7. The van der Waals surface area contributed by atoms with E-state index >= 15 is 0 Å². The van der Waals surface area contributed by atoms with Crippen LogP contribution in [0, 0.1) is 17.8 Å². The fourth-order valence-electron chi connectivity index (χ4n) is 3.14. The molecule has 0 aromatic rings. The summed E-state index contributed by atoms with van der Waals surface area (Å²) in [6.45, 7) is 11.2. The topological polar surface area (TPSA) is 151 Å². The molecular formula is C22H42N4O5S. The molecule has 0 radical (unpaired) electrons. The Morgan fingerprint density at radius 1 is 0.812 bits per heavy atom. The van der Waals surface area contributed by atoms with Crippen LogP contribution >= 0.6 is 11.8 Å². The van der Waals surface area contributed by atoms with E-state index in [-0.39, 0.29) is 24.2 Å². The zero-order chi connectivity index (χ0) is 25.0. The lowest BCUT2D eigenvalue weighted by atomic mass is 9.99. The molecule has 32 heavy (non-hydrogen) atoms. The SMILES string of the molecule is CSCCC(NC(=O)C(N)CC(C)C)C(=O)NC(C(=O)NC(CC(C)C)C(=O)O)C(C)C. The summed E-state index contributed by atoms with van der Waals surface area (Å²) in [7, 11) is 0. The molecule has 0 saturated carbocycles. The van der Waals surface area contributed by atoms with E-state index in [1.807, 2.05) is 34.0 Å². The van der Waals surface area contributed by atoms with Gasteiger partial charge in [0.25, 0.3) is 0 Å². The lowest BCUT2D eigenvalue weighted by molar-refractivity contribution is -0.143. The fraction of sp³-hybridized carbons (Fsp3) is 0.818. The predicted octanol–water partition coefficient (Wildman–Crippen LogP) is 1.35. The van der Waals surface area contributed by atoms with Gasteiger partial charge in [0.05, 0.1) is 6.04 Å². The zero-order valence-electron chi connectivity index (χ0n) is 20.4. The first kappa shape index (κ1) is 30.2. The number of thioether (sulfide) groups is 1. The van der Waals surface area contributed by atoms with E-state index < -0.39 is 47.9 Å². The molecule has 0 aromatic heterocycles. The fourth-order valence-corrected chi connectivity index (χ4v) is 3.61. The van der Waals surface area contributed by atoms with Crippen LogP contribution in [-0.2, 0) is 19.2 Å². The van der Waals surface area contributed by atoms with E-state index in [0.29, 0.717) is 18.6 Å². The Bertz CT molecular complexity index is 627. The van der Waals surface area contributed by atoms with E-state index in [9.17, 15) is 24.3 Å². The number of carboxylic acid groups (broad SMARTS) is 1. The average molecular weight is 475 g/mol. The molecule has 6 N–H and O–H groups in total. The second-order valence-corrected chi connectivity index (χ2v) is 10.3. The molecule has 0 bridgehead atoms. The van der Waals surface area contributed by atoms with Crippen LogP contribution in [-0.4, -0.2) is 65.0 Å². The zero-order valence-corrected chi connectivity index (χ0v) is 21.3. The molecule has 9 nitrogen and oxygen atoms in total. The highest BCUT2D eigenvalue weighted by Gasteiger charge is 2.32. The van der Waals surface area contributed by atoms with Crippen LogP contribution in [0.25, 0.3) is 0 Å². The Hall–Kier alpha value is -1.81. The summed E-state index contributed by atoms with van der Waals surface area (Å²) in [5.74, 6) is -1.93. The van der Waals surface area contributed by atoms with Crippen molar-refractivity contribution in [3.8, 4) is 0 Å². The molecule has 186 valence electrons. The van der Waals surface area contributed by atoms with Gasteiger partial charge in [-0.15, -0.1) is 0 Å². The smallest absolute Gasteiger partial charge is 0.326 e. The summed E-state index contributed by atoms with van der Waals surface area (Å²) >= 11 is 1.54. The van der Waals surface area contributed by atoms with Gasteiger partial charge in [-0.1, -0.05) is 41.5 Å². The van der Waals surface area contributed by atoms with Gasteiger partial charge in [0.2, 0.25) is 17.7 Å². The van der Waals surface area contributed by atoms with Gasteiger partial charge in [0.1, 0.15) is 18.1 Å². The minimum Gasteiger partial charge on any atom is -0.480 e. The van der Waals surface area contributed by atoms with Crippen LogP contribution < -0.4 is 21.7 Å². The molecule has 0 aliphatic heterocycles. The maximum Gasteiger partial charge on any atom is 0.326 e. The quantitative estimate of drug-likeness (QED) is 0.240. The van der Waals surface area contributed by atoms with Gasteiger partial charge in [0, 0.05) is 0 Å². The maximum atomic E-state index is 13.0. The molecule has 0 heterocycles. The molecule has 10 heteroatoms. The second-order valence-electron chi connectivity index (χ2n) is 9.34. The number of hydrogen-bond donors (Lipinski definition) is 5. The molecule has 0 fully saturated rings. The van der Waals surface area contributed by atoms with E-state index in [1.165, 1.54) is 11.8 Å². The standard InChI is InChI=1S/C22H42N4O5S/c1-12(2)10-15(23)19(27)24-16(8-9-32-7)20(28)26-18(14(5)6)21(29)25-17(22(30)31)11-13(3)4/h12-18H,8-11,23H2,1-7H3,(H,24,27)(H,25,29)(H,26,28)(H,30,31). The number of carboxylic acids is 1. The van der Waals surface area contributed by atoms with Crippen LogP contribution in [0.2, 0.25) is 0 Å².